The molecule has 0 aromatic heterocycles. The van der Waals surface area contributed by atoms with Gasteiger partial charge in [0.25, 0.3) is 0 Å². The van der Waals surface area contributed by atoms with Crippen LogP contribution in [0.5, 0.6) is 0 Å². The van der Waals surface area contributed by atoms with Crippen LogP contribution in [0.25, 0.3) is 6.08 Å². The number of amides is 2. The Balaban J connectivity index is 2.66. The number of carbonyl (C=O) groups is 2. The van der Waals surface area contributed by atoms with Crippen molar-refractivity contribution in [2.24, 2.45) is 0 Å². The van der Waals surface area contributed by atoms with Crippen molar-refractivity contribution in [3.8, 4) is 0 Å². The Morgan fingerprint density at radius 2 is 2.00 bits per heavy atom. The number of halogens is 3. The molecule has 1 aromatic carbocycles. The first-order chi connectivity index (χ1) is 10.7. The topological polar surface area (TPSA) is 49.4 Å². The third-order valence-corrected chi connectivity index (χ3v) is 2.96. The number of alkyl halides is 3. The number of nitrogens with zero attached hydrogens (tertiary/aromatic N) is 1. The zero-order valence-corrected chi connectivity index (χ0v) is 13.0. The van der Waals surface area contributed by atoms with Gasteiger partial charge in [0.05, 0.1) is 12.1 Å². The van der Waals surface area contributed by atoms with Gasteiger partial charge in [0.2, 0.25) is 11.8 Å². The highest BCUT2D eigenvalue weighted by atomic mass is 19.4. The molecule has 0 aliphatic rings. The van der Waals surface area contributed by atoms with E-state index in [0.717, 1.165) is 24.6 Å². The molecule has 0 atom stereocenters. The van der Waals surface area contributed by atoms with Crippen molar-refractivity contribution >= 4 is 17.9 Å². The number of rotatable bonds is 6. The largest absolute Gasteiger partial charge is 0.416 e. The molecular weight excluding hydrogens is 309 g/mol. The molecule has 0 saturated heterocycles. The maximum Gasteiger partial charge on any atom is 0.416 e. The van der Waals surface area contributed by atoms with Gasteiger partial charge in [-0.3, -0.25) is 9.59 Å². The Morgan fingerprint density at radius 1 is 1.30 bits per heavy atom. The summed E-state index contributed by atoms with van der Waals surface area (Å²) in [5.41, 5.74) is -0.517. The minimum Gasteiger partial charge on any atom is -0.355 e. The van der Waals surface area contributed by atoms with Crippen LogP contribution in [0, 0.1) is 0 Å². The van der Waals surface area contributed by atoms with E-state index in [1.807, 2.05) is 6.92 Å². The van der Waals surface area contributed by atoms with Crippen LogP contribution < -0.4 is 5.32 Å². The molecule has 0 bridgehead atoms. The molecule has 0 unspecified atom stereocenters. The van der Waals surface area contributed by atoms with Crippen LogP contribution >= 0.6 is 0 Å². The van der Waals surface area contributed by atoms with Gasteiger partial charge in [-0.2, -0.15) is 13.2 Å². The Morgan fingerprint density at radius 3 is 2.61 bits per heavy atom. The summed E-state index contributed by atoms with van der Waals surface area (Å²) in [6.07, 6.45) is -1.21. The molecule has 1 rings (SSSR count). The van der Waals surface area contributed by atoms with Crippen LogP contribution in [-0.4, -0.2) is 36.9 Å². The molecule has 0 heterocycles. The molecule has 0 fully saturated rings. The van der Waals surface area contributed by atoms with Gasteiger partial charge in [-0.15, -0.1) is 0 Å². The van der Waals surface area contributed by atoms with E-state index in [0.29, 0.717) is 6.54 Å². The summed E-state index contributed by atoms with van der Waals surface area (Å²) in [6.45, 7) is 2.33. The highest BCUT2D eigenvalue weighted by molar-refractivity contribution is 5.94. The van der Waals surface area contributed by atoms with Crippen LogP contribution in [0.2, 0.25) is 0 Å². The normalized spacial score (nSPS) is 11.5. The second kappa shape index (κ2) is 8.36. The molecule has 2 amide bonds. The molecular formula is C16H19F3N2O2. The maximum absolute atomic E-state index is 12.6. The highest BCUT2D eigenvalue weighted by Gasteiger charge is 2.30. The van der Waals surface area contributed by atoms with Gasteiger partial charge in [0, 0.05) is 19.7 Å². The van der Waals surface area contributed by atoms with E-state index in [1.54, 1.807) is 0 Å². The van der Waals surface area contributed by atoms with Gasteiger partial charge >= 0.3 is 6.18 Å². The first-order valence-corrected chi connectivity index (χ1v) is 7.11. The average molecular weight is 328 g/mol. The Kier molecular flexibility index (Phi) is 6.81. The van der Waals surface area contributed by atoms with Crippen molar-refractivity contribution in [2.45, 2.75) is 19.5 Å². The molecule has 126 valence electrons. The second-order valence-electron chi connectivity index (χ2n) is 5.00. The average Bonchev–Trinajstić information content (AvgIpc) is 2.50. The molecule has 1 aromatic rings. The summed E-state index contributed by atoms with van der Waals surface area (Å²) in [5.74, 6) is -0.746. The first kappa shape index (κ1) is 18.7. The summed E-state index contributed by atoms with van der Waals surface area (Å²) in [5, 5.41) is 2.63. The van der Waals surface area contributed by atoms with Crippen molar-refractivity contribution in [2.75, 3.05) is 20.1 Å². The van der Waals surface area contributed by atoms with Gasteiger partial charge in [-0.25, -0.2) is 0 Å². The van der Waals surface area contributed by atoms with Crippen LogP contribution in [0.4, 0.5) is 13.2 Å². The minimum absolute atomic E-state index is 0.105. The summed E-state index contributed by atoms with van der Waals surface area (Å²) in [6, 6.07) is 4.66. The van der Waals surface area contributed by atoms with Crippen LogP contribution in [0.1, 0.15) is 24.5 Å². The van der Waals surface area contributed by atoms with Crippen molar-refractivity contribution in [1.82, 2.24) is 10.2 Å². The number of hydrogen-bond donors (Lipinski definition) is 1. The van der Waals surface area contributed by atoms with E-state index in [4.69, 9.17) is 0 Å². The summed E-state index contributed by atoms with van der Waals surface area (Å²) < 4.78 is 37.8. The summed E-state index contributed by atoms with van der Waals surface area (Å²) in [4.78, 5) is 24.5. The van der Waals surface area contributed by atoms with Crippen LogP contribution in [0.3, 0.4) is 0 Å². The first-order valence-electron chi connectivity index (χ1n) is 7.11. The fraction of sp³-hybridized carbons (Fsp3) is 0.375. The third-order valence-electron chi connectivity index (χ3n) is 2.96. The molecule has 7 heteroatoms. The van der Waals surface area contributed by atoms with Crippen molar-refractivity contribution in [3.05, 3.63) is 41.5 Å². The van der Waals surface area contributed by atoms with Crippen LogP contribution in [0.15, 0.2) is 30.3 Å². The Labute approximate surface area is 133 Å². The van der Waals surface area contributed by atoms with E-state index in [2.05, 4.69) is 5.32 Å². The van der Waals surface area contributed by atoms with E-state index in [1.165, 1.54) is 30.2 Å². The summed E-state index contributed by atoms with van der Waals surface area (Å²) in [7, 11) is 1.45. The molecule has 1 N–H and O–H groups in total. The second-order valence-corrected chi connectivity index (χ2v) is 5.00. The molecule has 0 aliphatic carbocycles. The zero-order valence-electron chi connectivity index (χ0n) is 13.0. The number of benzene rings is 1. The lowest BCUT2D eigenvalue weighted by molar-refractivity contribution is -0.137. The van der Waals surface area contributed by atoms with E-state index < -0.39 is 17.6 Å². The van der Waals surface area contributed by atoms with Gasteiger partial charge < -0.3 is 10.2 Å². The molecule has 23 heavy (non-hydrogen) atoms. The predicted octanol–water partition coefficient (Wildman–Crippen LogP) is 2.70. The molecule has 0 saturated carbocycles. The Hall–Kier alpha value is -2.31. The molecule has 4 nitrogen and oxygen atoms in total. The maximum atomic E-state index is 12.6. The van der Waals surface area contributed by atoms with Gasteiger partial charge in [0.15, 0.2) is 0 Å². The lowest BCUT2D eigenvalue weighted by atomic mass is 10.1. The SMILES string of the molecule is CCCNC(=O)CN(C)C(=O)/C=C/c1cccc(C(F)(F)F)c1. The van der Waals surface area contributed by atoms with E-state index in [9.17, 15) is 22.8 Å². The minimum atomic E-state index is -4.43. The molecule has 0 spiro atoms. The fourth-order valence-corrected chi connectivity index (χ4v) is 1.73. The monoisotopic (exact) mass is 328 g/mol. The predicted molar refractivity (Wildman–Crippen MR) is 81.4 cm³/mol. The molecule has 0 aliphatic heterocycles. The van der Waals surface area contributed by atoms with Crippen molar-refractivity contribution in [1.29, 1.82) is 0 Å². The van der Waals surface area contributed by atoms with Crippen molar-refractivity contribution < 1.29 is 22.8 Å². The van der Waals surface area contributed by atoms with Gasteiger partial charge in [-0.05, 0) is 30.2 Å². The smallest absolute Gasteiger partial charge is 0.355 e. The standard InChI is InChI=1S/C16H19F3N2O2/c1-3-9-20-14(22)11-21(2)15(23)8-7-12-5-4-6-13(10-12)16(17,18)19/h4-8,10H,3,9,11H2,1-2H3,(H,20,22)/b8-7+. The number of hydrogen-bond acceptors (Lipinski definition) is 2. The molecule has 0 radical (unpaired) electrons. The lowest BCUT2D eigenvalue weighted by Gasteiger charge is -2.14. The van der Waals surface area contributed by atoms with Crippen molar-refractivity contribution in [3.63, 3.8) is 0 Å². The van der Waals surface area contributed by atoms with Gasteiger partial charge in [0.1, 0.15) is 0 Å². The third kappa shape index (κ3) is 6.54. The van der Waals surface area contributed by atoms with Crippen LogP contribution in [-0.2, 0) is 15.8 Å². The van der Waals surface area contributed by atoms with Gasteiger partial charge in [-0.1, -0.05) is 19.1 Å². The summed E-state index contributed by atoms with van der Waals surface area (Å²) >= 11 is 0. The fourth-order valence-electron chi connectivity index (χ4n) is 1.73. The van der Waals surface area contributed by atoms with E-state index >= 15 is 0 Å². The number of nitrogens with one attached hydrogen (secondary N) is 1. The zero-order chi connectivity index (χ0) is 17.5. The highest BCUT2D eigenvalue weighted by Crippen LogP contribution is 2.29. The Bertz CT molecular complexity index is 583. The number of likely N-dealkylation sites (N-methyl/N-ethyl adjacent to an activating group) is 1. The van der Waals surface area contributed by atoms with E-state index in [-0.39, 0.29) is 18.0 Å². The quantitative estimate of drug-likeness (QED) is 0.816. The number of carbonyl (C=O) groups excluding carboxylic acids is 2. The lowest BCUT2D eigenvalue weighted by Crippen LogP contribution is -2.37.